The molecule has 0 fully saturated rings. The fourth-order valence-corrected chi connectivity index (χ4v) is 3.85. The third kappa shape index (κ3) is 4.19. The van der Waals surface area contributed by atoms with Crippen molar-refractivity contribution in [2.75, 3.05) is 12.8 Å². The third-order valence-electron chi connectivity index (χ3n) is 4.32. The van der Waals surface area contributed by atoms with Crippen LogP contribution in [0, 0.1) is 22.7 Å². The van der Waals surface area contributed by atoms with Gasteiger partial charge in [-0.1, -0.05) is 24.3 Å². The normalized spacial score (nSPS) is 10.1. The average Bonchev–Trinajstić information content (AvgIpc) is 2.77. The second-order valence-corrected chi connectivity index (χ2v) is 7.14. The highest BCUT2D eigenvalue weighted by molar-refractivity contribution is 7.98. The summed E-state index contributed by atoms with van der Waals surface area (Å²) in [7, 11) is 1.53. The lowest BCUT2D eigenvalue weighted by atomic mass is 9.97. The highest BCUT2D eigenvalue weighted by atomic mass is 32.2. The van der Waals surface area contributed by atoms with Gasteiger partial charge in [-0.3, -0.25) is 0 Å². The molecule has 30 heavy (non-hydrogen) atoms. The molecule has 0 spiro atoms. The smallest absolute Gasteiger partial charge is 0.335 e. The second kappa shape index (κ2) is 8.99. The van der Waals surface area contributed by atoms with Crippen LogP contribution < -0.4 is 10.5 Å². The minimum Gasteiger partial charge on any atom is -0.497 e. The van der Waals surface area contributed by atoms with Crippen molar-refractivity contribution in [3.05, 3.63) is 70.8 Å². The molecule has 148 valence electrons. The molecule has 0 amide bonds. The Hall–Kier alpha value is -4.01. The van der Waals surface area contributed by atoms with Crippen molar-refractivity contribution in [3.63, 3.8) is 0 Å². The van der Waals surface area contributed by atoms with Crippen molar-refractivity contribution in [2.45, 2.75) is 10.8 Å². The molecular weight excluding hydrogens is 400 g/mol. The van der Waals surface area contributed by atoms with Crippen LogP contribution in [0.5, 0.6) is 5.75 Å². The zero-order valence-corrected chi connectivity index (χ0v) is 16.7. The SMILES string of the molecule is COc1cccc(-c2c(C#N)c(N)nc(SCc3cccc(C(=O)O)c3)c2C#N)c1. The Kier molecular flexibility index (Phi) is 6.21. The van der Waals surface area contributed by atoms with Crippen molar-refractivity contribution in [2.24, 2.45) is 0 Å². The molecule has 0 bridgehead atoms. The van der Waals surface area contributed by atoms with Gasteiger partial charge in [-0.25, -0.2) is 9.78 Å². The van der Waals surface area contributed by atoms with Crippen molar-refractivity contribution in [1.29, 1.82) is 10.5 Å². The van der Waals surface area contributed by atoms with E-state index in [-0.39, 0.29) is 22.5 Å². The zero-order chi connectivity index (χ0) is 21.7. The molecule has 0 radical (unpaired) electrons. The lowest BCUT2D eigenvalue weighted by molar-refractivity contribution is 0.0696. The number of thioether (sulfide) groups is 1. The minimum atomic E-state index is -1.01. The van der Waals surface area contributed by atoms with Crippen LogP contribution in [0.15, 0.2) is 53.6 Å². The van der Waals surface area contributed by atoms with E-state index in [0.717, 1.165) is 5.56 Å². The summed E-state index contributed by atoms with van der Waals surface area (Å²) in [5.41, 5.74) is 8.34. The molecule has 8 heteroatoms. The first-order chi connectivity index (χ1) is 14.5. The number of nitrogens with two attached hydrogens (primary N) is 1. The molecule has 3 N–H and O–H groups in total. The topological polar surface area (TPSA) is 133 Å². The molecule has 3 aromatic rings. The van der Waals surface area contributed by atoms with Gasteiger partial charge in [0.05, 0.1) is 18.2 Å². The highest BCUT2D eigenvalue weighted by Gasteiger charge is 2.21. The number of ether oxygens (including phenoxy) is 1. The number of nitrogen functional groups attached to an aromatic ring is 1. The zero-order valence-electron chi connectivity index (χ0n) is 15.9. The van der Waals surface area contributed by atoms with Crippen LogP contribution in [-0.2, 0) is 5.75 Å². The maximum absolute atomic E-state index is 11.2. The number of aromatic nitrogens is 1. The van der Waals surface area contributed by atoms with Gasteiger partial charge in [-0.05, 0) is 35.4 Å². The highest BCUT2D eigenvalue weighted by Crippen LogP contribution is 2.37. The maximum Gasteiger partial charge on any atom is 0.335 e. The predicted octanol–water partition coefficient (Wildman–Crippen LogP) is 4.07. The molecule has 3 rings (SSSR count). The first kappa shape index (κ1) is 20.7. The van der Waals surface area contributed by atoms with Gasteiger partial charge in [0, 0.05) is 11.3 Å². The van der Waals surface area contributed by atoms with E-state index in [4.69, 9.17) is 15.6 Å². The number of rotatable bonds is 6. The van der Waals surface area contributed by atoms with E-state index in [1.807, 2.05) is 6.07 Å². The molecule has 0 atom stereocenters. The summed E-state index contributed by atoms with van der Waals surface area (Å²) in [6.45, 7) is 0. The summed E-state index contributed by atoms with van der Waals surface area (Å²) < 4.78 is 5.25. The van der Waals surface area contributed by atoms with Crippen LogP contribution >= 0.6 is 11.8 Å². The summed E-state index contributed by atoms with van der Waals surface area (Å²) in [5, 5.41) is 29.0. The van der Waals surface area contributed by atoms with Crippen LogP contribution in [0.3, 0.4) is 0 Å². The molecule has 0 saturated heterocycles. The molecule has 0 aliphatic heterocycles. The van der Waals surface area contributed by atoms with Gasteiger partial charge in [0.2, 0.25) is 0 Å². The van der Waals surface area contributed by atoms with Gasteiger partial charge in [-0.2, -0.15) is 10.5 Å². The van der Waals surface area contributed by atoms with Crippen LogP contribution in [-0.4, -0.2) is 23.2 Å². The number of nitrogens with zero attached hydrogens (tertiary/aromatic N) is 3. The summed E-state index contributed by atoms with van der Waals surface area (Å²) in [5.74, 6) is -0.0295. The summed E-state index contributed by atoms with van der Waals surface area (Å²) in [6, 6.07) is 17.7. The Bertz CT molecular complexity index is 1210. The van der Waals surface area contributed by atoms with E-state index in [1.54, 1.807) is 42.5 Å². The van der Waals surface area contributed by atoms with Gasteiger partial charge >= 0.3 is 5.97 Å². The number of methoxy groups -OCH3 is 1. The number of aromatic carboxylic acids is 1. The summed E-state index contributed by atoms with van der Waals surface area (Å²) >= 11 is 1.25. The fraction of sp³-hybridized carbons (Fsp3) is 0.0909. The molecule has 0 aliphatic rings. The van der Waals surface area contributed by atoms with E-state index in [0.29, 0.717) is 27.7 Å². The first-order valence-corrected chi connectivity index (χ1v) is 9.70. The molecule has 1 aromatic heterocycles. The number of carbonyl (C=O) groups is 1. The van der Waals surface area contributed by atoms with Gasteiger partial charge in [-0.15, -0.1) is 11.8 Å². The molecule has 7 nitrogen and oxygen atoms in total. The quantitative estimate of drug-likeness (QED) is 0.574. The summed E-state index contributed by atoms with van der Waals surface area (Å²) in [6.07, 6.45) is 0. The Balaban J connectivity index is 2.07. The van der Waals surface area contributed by atoms with Crippen LogP contribution in [0.25, 0.3) is 11.1 Å². The molecule has 0 unspecified atom stereocenters. The van der Waals surface area contributed by atoms with Gasteiger partial charge in [0.15, 0.2) is 0 Å². The van der Waals surface area contributed by atoms with Crippen molar-refractivity contribution >= 4 is 23.5 Å². The number of anilines is 1. The first-order valence-electron chi connectivity index (χ1n) is 8.71. The lowest BCUT2D eigenvalue weighted by Gasteiger charge is -2.13. The van der Waals surface area contributed by atoms with Crippen LogP contribution in [0.4, 0.5) is 5.82 Å². The number of pyridine rings is 1. The van der Waals surface area contributed by atoms with Gasteiger partial charge in [0.1, 0.15) is 34.3 Å². The number of hydrogen-bond acceptors (Lipinski definition) is 7. The van der Waals surface area contributed by atoms with Crippen LogP contribution in [0.2, 0.25) is 0 Å². The maximum atomic E-state index is 11.2. The number of carboxylic acids is 1. The van der Waals surface area contributed by atoms with E-state index < -0.39 is 5.97 Å². The largest absolute Gasteiger partial charge is 0.497 e. The van der Waals surface area contributed by atoms with Crippen molar-refractivity contribution < 1.29 is 14.6 Å². The predicted molar refractivity (Wildman–Crippen MR) is 113 cm³/mol. The van der Waals surface area contributed by atoms with E-state index in [1.165, 1.54) is 24.9 Å². The fourth-order valence-electron chi connectivity index (χ4n) is 2.92. The van der Waals surface area contributed by atoms with Crippen molar-refractivity contribution in [3.8, 4) is 29.0 Å². The van der Waals surface area contributed by atoms with Crippen LogP contribution in [0.1, 0.15) is 27.0 Å². The molecule has 2 aromatic carbocycles. The lowest BCUT2D eigenvalue weighted by Crippen LogP contribution is -2.03. The van der Waals surface area contributed by atoms with Crippen molar-refractivity contribution in [1.82, 2.24) is 4.98 Å². The van der Waals surface area contributed by atoms with Gasteiger partial charge in [0.25, 0.3) is 0 Å². The minimum absolute atomic E-state index is 0.0242. The monoisotopic (exact) mass is 416 g/mol. The number of benzene rings is 2. The standard InChI is InChI=1S/C22H16N4O3S/c1-29-16-7-3-5-14(9-16)19-17(10-23)20(25)26-21(18(19)11-24)30-12-13-4-2-6-15(8-13)22(27)28/h2-9H,12H2,1H3,(H2,25,26)(H,27,28). The van der Waals surface area contributed by atoms with E-state index in [2.05, 4.69) is 11.1 Å². The molecule has 1 heterocycles. The third-order valence-corrected chi connectivity index (χ3v) is 5.37. The number of carboxylic acid groups (broad SMARTS) is 1. The summed E-state index contributed by atoms with van der Waals surface area (Å²) in [4.78, 5) is 15.4. The Morgan fingerprint density at radius 3 is 2.57 bits per heavy atom. The second-order valence-electron chi connectivity index (χ2n) is 6.18. The van der Waals surface area contributed by atoms with E-state index >= 15 is 0 Å². The molecule has 0 aliphatic carbocycles. The molecular formula is C22H16N4O3S. The molecule has 0 saturated carbocycles. The Labute approximate surface area is 177 Å². The number of hydrogen-bond donors (Lipinski definition) is 2. The average molecular weight is 416 g/mol. The number of nitriles is 2. The Morgan fingerprint density at radius 1 is 1.17 bits per heavy atom. The van der Waals surface area contributed by atoms with Gasteiger partial charge < -0.3 is 15.6 Å². The Morgan fingerprint density at radius 2 is 1.90 bits per heavy atom. The van der Waals surface area contributed by atoms with E-state index in [9.17, 15) is 15.3 Å².